The van der Waals surface area contributed by atoms with Gasteiger partial charge in [0.2, 0.25) is 0 Å². The van der Waals surface area contributed by atoms with Gasteiger partial charge in [-0.3, -0.25) is 4.79 Å². The van der Waals surface area contributed by atoms with Crippen LogP contribution in [0.3, 0.4) is 0 Å². The van der Waals surface area contributed by atoms with Crippen molar-refractivity contribution in [1.82, 2.24) is 0 Å². The van der Waals surface area contributed by atoms with Crippen molar-refractivity contribution in [2.24, 2.45) is 0 Å². The number of rotatable bonds is 23. The molecule has 0 aromatic rings. The van der Waals surface area contributed by atoms with E-state index in [9.17, 15) is 9.90 Å². The minimum atomic E-state index is -0.565. The number of aliphatic hydroxyl groups is 1. The third kappa shape index (κ3) is 17.6. The first-order valence-electron chi connectivity index (χ1n) is 13.7. The van der Waals surface area contributed by atoms with Gasteiger partial charge in [0.05, 0.1) is 19.6 Å². The molecule has 0 saturated heterocycles. The summed E-state index contributed by atoms with van der Waals surface area (Å²) in [5.74, 6) is -0.156. The molecule has 4 heteroatoms. The molecular formula is C27H56NO3+. The molecule has 31 heavy (non-hydrogen) atoms. The summed E-state index contributed by atoms with van der Waals surface area (Å²) in [6, 6.07) is 0. The normalized spacial score (nSPS) is 12.8. The predicted octanol–water partition coefficient (Wildman–Crippen LogP) is 7.03. The summed E-state index contributed by atoms with van der Waals surface area (Å²) in [6.45, 7) is 12.5. The number of nitrogens with zero attached hydrogens (tertiary/aromatic N) is 1. The van der Waals surface area contributed by atoms with E-state index in [1.807, 2.05) is 0 Å². The third-order valence-electron chi connectivity index (χ3n) is 7.03. The van der Waals surface area contributed by atoms with Crippen LogP contribution in [-0.4, -0.2) is 54.4 Å². The Bertz CT molecular complexity index is 388. The number of quaternary nitrogens is 1. The maximum atomic E-state index is 11.9. The van der Waals surface area contributed by atoms with Crippen LogP contribution in [0, 0.1) is 0 Å². The Morgan fingerprint density at radius 1 is 0.677 bits per heavy atom. The minimum absolute atomic E-state index is 0.136. The number of esters is 1. The molecule has 0 amide bonds. The van der Waals surface area contributed by atoms with E-state index in [1.54, 1.807) is 0 Å². The Labute approximate surface area is 194 Å². The molecule has 0 rings (SSSR count). The van der Waals surface area contributed by atoms with Crippen molar-refractivity contribution < 1.29 is 19.1 Å². The molecule has 4 nitrogen and oxygen atoms in total. The third-order valence-corrected chi connectivity index (χ3v) is 7.03. The maximum Gasteiger partial charge on any atom is 0.305 e. The highest BCUT2D eigenvalue weighted by atomic mass is 16.5. The van der Waals surface area contributed by atoms with Gasteiger partial charge in [0, 0.05) is 6.42 Å². The van der Waals surface area contributed by atoms with Gasteiger partial charge in [-0.15, -0.1) is 0 Å². The Kier molecular flexibility index (Phi) is 20.8. The summed E-state index contributed by atoms with van der Waals surface area (Å²) < 4.78 is 6.18. The lowest BCUT2D eigenvalue weighted by atomic mass is 10.0. The minimum Gasteiger partial charge on any atom is -0.463 e. The van der Waals surface area contributed by atoms with Gasteiger partial charge in [-0.1, -0.05) is 96.8 Å². The molecule has 0 aliphatic carbocycles. The Hall–Kier alpha value is -0.610. The number of unbranched alkanes of at least 4 members (excludes halogenated alkanes) is 14. The number of hydrogen-bond donors (Lipinski definition) is 1. The quantitative estimate of drug-likeness (QED) is 0.105. The van der Waals surface area contributed by atoms with Crippen LogP contribution < -0.4 is 0 Å². The van der Waals surface area contributed by atoms with Gasteiger partial charge in [0.1, 0.15) is 19.3 Å². The molecule has 0 bridgehead atoms. The molecule has 0 saturated carbocycles. The molecule has 0 aliphatic rings. The average molecular weight is 443 g/mol. The highest BCUT2D eigenvalue weighted by Gasteiger charge is 2.25. The molecule has 0 radical (unpaired) electrons. The molecule has 0 aromatic heterocycles. The molecule has 1 unspecified atom stereocenters. The fraction of sp³-hybridized carbons (Fsp3) is 0.963. The van der Waals surface area contributed by atoms with E-state index >= 15 is 0 Å². The summed E-state index contributed by atoms with van der Waals surface area (Å²) in [4.78, 5) is 11.9. The van der Waals surface area contributed by atoms with E-state index in [4.69, 9.17) is 4.74 Å². The van der Waals surface area contributed by atoms with Gasteiger partial charge in [-0.2, -0.15) is 0 Å². The van der Waals surface area contributed by atoms with Crippen LogP contribution in [0.5, 0.6) is 0 Å². The number of aliphatic hydroxyl groups excluding tert-OH is 1. The second kappa shape index (κ2) is 21.2. The van der Waals surface area contributed by atoms with Crippen LogP contribution in [0.15, 0.2) is 0 Å². The van der Waals surface area contributed by atoms with E-state index in [2.05, 4.69) is 27.7 Å². The summed E-state index contributed by atoms with van der Waals surface area (Å²) in [7, 11) is 0. The standard InChI is InChI=1S/C27H56NO3/c1-5-9-10-11-12-13-14-15-16-17-18-19-20-21-22-23-27(30)31-25-26(29)24-28(6-2,7-3)8-4/h26,29H,5-25H2,1-4H3/q+1. The molecule has 0 spiro atoms. The summed E-state index contributed by atoms with van der Waals surface area (Å²) in [5.41, 5.74) is 0. The summed E-state index contributed by atoms with van der Waals surface area (Å²) >= 11 is 0. The Balaban J connectivity index is 3.47. The zero-order valence-electron chi connectivity index (χ0n) is 21.6. The van der Waals surface area contributed by atoms with Crippen molar-refractivity contribution in [1.29, 1.82) is 0 Å². The van der Waals surface area contributed by atoms with Crippen LogP contribution in [0.4, 0.5) is 0 Å². The van der Waals surface area contributed by atoms with Gasteiger partial charge < -0.3 is 14.3 Å². The van der Waals surface area contributed by atoms with Crippen molar-refractivity contribution in [2.45, 2.75) is 137 Å². The second-order valence-electron chi connectivity index (χ2n) is 9.51. The van der Waals surface area contributed by atoms with Gasteiger partial charge in [0.15, 0.2) is 0 Å². The molecule has 1 atom stereocenters. The van der Waals surface area contributed by atoms with Gasteiger partial charge in [-0.25, -0.2) is 0 Å². The topological polar surface area (TPSA) is 46.5 Å². The second-order valence-corrected chi connectivity index (χ2v) is 9.51. The molecule has 0 aliphatic heterocycles. The average Bonchev–Trinajstić information content (AvgIpc) is 2.78. The largest absolute Gasteiger partial charge is 0.463 e. The summed E-state index contributed by atoms with van der Waals surface area (Å²) in [6.07, 6.45) is 19.8. The lowest BCUT2D eigenvalue weighted by Crippen LogP contribution is -2.52. The molecule has 0 aromatic carbocycles. The van der Waals surface area contributed by atoms with Crippen molar-refractivity contribution in [3.63, 3.8) is 0 Å². The van der Waals surface area contributed by atoms with Crippen molar-refractivity contribution in [3.05, 3.63) is 0 Å². The van der Waals surface area contributed by atoms with Gasteiger partial charge >= 0.3 is 5.97 Å². The van der Waals surface area contributed by atoms with Crippen molar-refractivity contribution >= 4 is 5.97 Å². The monoisotopic (exact) mass is 442 g/mol. The van der Waals surface area contributed by atoms with E-state index < -0.39 is 6.10 Å². The maximum absolute atomic E-state index is 11.9. The first-order chi connectivity index (χ1) is 15.0. The molecule has 1 N–H and O–H groups in total. The van der Waals surface area contributed by atoms with Crippen molar-refractivity contribution in [3.8, 4) is 0 Å². The van der Waals surface area contributed by atoms with Crippen LogP contribution in [-0.2, 0) is 9.53 Å². The zero-order chi connectivity index (χ0) is 23.2. The SMILES string of the molecule is CCCCCCCCCCCCCCCCCC(=O)OCC(O)C[N+](CC)(CC)CC. The number of carbonyl (C=O) groups excluding carboxylic acids is 1. The van der Waals surface area contributed by atoms with E-state index in [0.29, 0.717) is 13.0 Å². The van der Waals surface area contributed by atoms with E-state index in [1.165, 1.54) is 83.5 Å². The lowest BCUT2D eigenvalue weighted by Gasteiger charge is -2.37. The van der Waals surface area contributed by atoms with Crippen molar-refractivity contribution in [2.75, 3.05) is 32.8 Å². The highest BCUT2D eigenvalue weighted by Crippen LogP contribution is 2.14. The molecule has 186 valence electrons. The van der Waals surface area contributed by atoms with Gasteiger partial charge in [0.25, 0.3) is 0 Å². The van der Waals surface area contributed by atoms with E-state index in [-0.39, 0.29) is 12.6 Å². The van der Waals surface area contributed by atoms with Crippen LogP contribution in [0.25, 0.3) is 0 Å². The number of likely N-dealkylation sites (N-methyl/N-ethyl adjacent to an activating group) is 1. The molecule has 0 fully saturated rings. The fourth-order valence-electron chi connectivity index (χ4n) is 4.46. The van der Waals surface area contributed by atoms with Crippen LogP contribution in [0.1, 0.15) is 130 Å². The summed E-state index contributed by atoms with van der Waals surface area (Å²) in [5, 5.41) is 10.2. The first kappa shape index (κ1) is 30.4. The smallest absolute Gasteiger partial charge is 0.305 e. The van der Waals surface area contributed by atoms with Gasteiger partial charge in [-0.05, 0) is 27.2 Å². The number of hydrogen-bond acceptors (Lipinski definition) is 3. The zero-order valence-corrected chi connectivity index (χ0v) is 21.6. The number of carbonyl (C=O) groups is 1. The molecule has 0 heterocycles. The lowest BCUT2D eigenvalue weighted by molar-refractivity contribution is -0.926. The first-order valence-corrected chi connectivity index (χ1v) is 13.7. The van der Waals surface area contributed by atoms with Crippen LogP contribution >= 0.6 is 0 Å². The van der Waals surface area contributed by atoms with E-state index in [0.717, 1.165) is 37.0 Å². The number of ether oxygens (including phenoxy) is 1. The molecular weight excluding hydrogens is 386 g/mol. The van der Waals surface area contributed by atoms with Crippen LogP contribution in [0.2, 0.25) is 0 Å². The Morgan fingerprint density at radius 2 is 1.06 bits per heavy atom. The predicted molar refractivity (Wildman–Crippen MR) is 133 cm³/mol. The Morgan fingerprint density at radius 3 is 1.45 bits per heavy atom. The fourth-order valence-corrected chi connectivity index (χ4v) is 4.46. The highest BCUT2D eigenvalue weighted by molar-refractivity contribution is 5.69.